The maximum Gasteiger partial charge on any atom is 0.0653 e. The van der Waals surface area contributed by atoms with Crippen LogP contribution in [0.2, 0.25) is 0 Å². The molecule has 1 N–H and O–H groups in total. The van der Waals surface area contributed by atoms with Crippen molar-refractivity contribution in [3.05, 3.63) is 0 Å². The van der Waals surface area contributed by atoms with Gasteiger partial charge in [-0.25, -0.2) is 0 Å². The standard InChI is InChI=1S/C15H26O/c1-9(2)10-5-7-14(3)11-6-8-15(4,16)13(11)12(10)14/h9-13,16H,5-8H2,1-4H3/t10-,11+,12+,13-,14-,15-/m0/s1. The number of rotatable bonds is 1. The van der Waals surface area contributed by atoms with Crippen LogP contribution in [-0.4, -0.2) is 10.7 Å². The Morgan fingerprint density at radius 1 is 1.06 bits per heavy atom. The lowest BCUT2D eigenvalue weighted by molar-refractivity contribution is -0.160. The first-order chi connectivity index (χ1) is 7.38. The molecule has 6 atom stereocenters. The molecule has 0 bridgehead atoms. The van der Waals surface area contributed by atoms with Crippen molar-refractivity contribution >= 4 is 0 Å². The van der Waals surface area contributed by atoms with Crippen LogP contribution in [0, 0.1) is 35.0 Å². The monoisotopic (exact) mass is 222 g/mol. The summed E-state index contributed by atoms with van der Waals surface area (Å²) in [6.45, 7) is 9.33. The van der Waals surface area contributed by atoms with E-state index < -0.39 is 0 Å². The van der Waals surface area contributed by atoms with Gasteiger partial charge in [-0.15, -0.1) is 0 Å². The summed E-state index contributed by atoms with van der Waals surface area (Å²) in [5.41, 5.74) is 0.229. The van der Waals surface area contributed by atoms with Crippen molar-refractivity contribution in [1.29, 1.82) is 0 Å². The summed E-state index contributed by atoms with van der Waals surface area (Å²) in [7, 11) is 0. The Morgan fingerprint density at radius 2 is 1.75 bits per heavy atom. The highest BCUT2D eigenvalue weighted by molar-refractivity contribution is 5.18. The normalized spacial score (nSPS) is 59.6. The molecule has 0 spiro atoms. The number of fused-ring (bicyclic) bond motifs is 4. The second-order valence-electron chi connectivity index (χ2n) is 7.51. The minimum absolute atomic E-state index is 0.355. The van der Waals surface area contributed by atoms with E-state index in [2.05, 4.69) is 27.7 Å². The average Bonchev–Trinajstić information content (AvgIpc) is 2.58. The predicted molar refractivity (Wildman–Crippen MR) is 66.0 cm³/mol. The number of aliphatic hydroxyl groups is 1. The van der Waals surface area contributed by atoms with E-state index in [1.807, 2.05) is 0 Å². The van der Waals surface area contributed by atoms with Crippen LogP contribution in [0.5, 0.6) is 0 Å². The van der Waals surface area contributed by atoms with Gasteiger partial charge in [0, 0.05) is 0 Å². The molecule has 3 rings (SSSR count). The van der Waals surface area contributed by atoms with Gasteiger partial charge in [0.25, 0.3) is 0 Å². The molecule has 0 saturated heterocycles. The topological polar surface area (TPSA) is 20.2 Å². The Bertz CT molecular complexity index is 307. The summed E-state index contributed by atoms with van der Waals surface area (Å²) in [4.78, 5) is 0. The Kier molecular flexibility index (Phi) is 2.11. The first kappa shape index (κ1) is 11.1. The molecule has 0 radical (unpaired) electrons. The van der Waals surface area contributed by atoms with Crippen molar-refractivity contribution in [2.75, 3.05) is 0 Å². The van der Waals surface area contributed by atoms with Gasteiger partial charge in [-0.1, -0.05) is 20.8 Å². The van der Waals surface area contributed by atoms with Gasteiger partial charge in [0.05, 0.1) is 5.60 Å². The summed E-state index contributed by atoms with van der Waals surface area (Å²) in [6, 6.07) is 0. The van der Waals surface area contributed by atoms with Crippen molar-refractivity contribution in [1.82, 2.24) is 0 Å². The predicted octanol–water partition coefficient (Wildman–Crippen LogP) is 3.47. The maximum atomic E-state index is 10.5. The van der Waals surface area contributed by atoms with Gasteiger partial charge in [0.15, 0.2) is 0 Å². The largest absolute Gasteiger partial charge is 0.390 e. The molecule has 0 aromatic heterocycles. The summed E-state index contributed by atoms with van der Waals surface area (Å²) < 4.78 is 0. The second-order valence-corrected chi connectivity index (χ2v) is 7.51. The van der Waals surface area contributed by atoms with Crippen molar-refractivity contribution in [2.45, 2.75) is 59.0 Å². The highest BCUT2D eigenvalue weighted by Gasteiger charge is 2.70. The fourth-order valence-electron chi connectivity index (χ4n) is 5.66. The van der Waals surface area contributed by atoms with Crippen molar-refractivity contribution < 1.29 is 5.11 Å². The molecular formula is C15H26O. The quantitative estimate of drug-likeness (QED) is 0.720. The van der Waals surface area contributed by atoms with Gasteiger partial charge in [0.1, 0.15) is 0 Å². The zero-order chi connectivity index (χ0) is 11.7. The van der Waals surface area contributed by atoms with E-state index in [-0.39, 0.29) is 5.60 Å². The van der Waals surface area contributed by atoms with E-state index in [1.165, 1.54) is 19.3 Å². The van der Waals surface area contributed by atoms with Gasteiger partial charge < -0.3 is 5.11 Å². The molecule has 0 unspecified atom stereocenters. The van der Waals surface area contributed by atoms with Crippen molar-refractivity contribution in [3.63, 3.8) is 0 Å². The molecular weight excluding hydrogens is 196 g/mol. The third kappa shape index (κ3) is 1.11. The Labute approximate surface area is 99.6 Å². The highest BCUT2D eigenvalue weighted by Crippen LogP contribution is 2.74. The molecule has 0 aromatic carbocycles. The molecule has 3 aliphatic rings. The first-order valence-electron chi connectivity index (χ1n) is 7.10. The zero-order valence-electron chi connectivity index (χ0n) is 11.2. The molecule has 16 heavy (non-hydrogen) atoms. The minimum atomic E-state index is -0.355. The smallest absolute Gasteiger partial charge is 0.0653 e. The van der Waals surface area contributed by atoms with Gasteiger partial charge in [-0.2, -0.15) is 0 Å². The number of hydrogen-bond donors (Lipinski definition) is 1. The van der Waals surface area contributed by atoms with E-state index in [0.29, 0.717) is 11.3 Å². The fourth-order valence-corrected chi connectivity index (χ4v) is 5.66. The van der Waals surface area contributed by atoms with Crippen molar-refractivity contribution in [3.8, 4) is 0 Å². The molecule has 3 aliphatic carbocycles. The molecule has 0 amide bonds. The third-order valence-corrected chi connectivity index (χ3v) is 6.44. The number of hydrogen-bond acceptors (Lipinski definition) is 1. The zero-order valence-corrected chi connectivity index (χ0v) is 11.2. The average molecular weight is 222 g/mol. The van der Waals surface area contributed by atoms with Crippen LogP contribution in [0.1, 0.15) is 53.4 Å². The fraction of sp³-hybridized carbons (Fsp3) is 1.00. The van der Waals surface area contributed by atoms with Gasteiger partial charge in [-0.3, -0.25) is 0 Å². The molecule has 92 valence electrons. The van der Waals surface area contributed by atoms with Crippen LogP contribution in [0.4, 0.5) is 0 Å². The van der Waals surface area contributed by atoms with Gasteiger partial charge >= 0.3 is 0 Å². The highest BCUT2D eigenvalue weighted by atomic mass is 16.3. The molecule has 1 nitrogen and oxygen atoms in total. The van der Waals surface area contributed by atoms with Crippen LogP contribution < -0.4 is 0 Å². The molecule has 0 aromatic rings. The lowest BCUT2D eigenvalue weighted by Crippen LogP contribution is -2.58. The molecule has 0 heterocycles. The molecule has 0 aliphatic heterocycles. The van der Waals surface area contributed by atoms with E-state index in [9.17, 15) is 5.11 Å². The second kappa shape index (κ2) is 3.04. The van der Waals surface area contributed by atoms with Crippen LogP contribution in [0.15, 0.2) is 0 Å². The minimum Gasteiger partial charge on any atom is -0.390 e. The lowest BCUT2D eigenvalue weighted by atomic mass is 9.46. The van der Waals surface area contributed by atoms with Gasteiger partial charge in [-0.05, 0) is 67.6 Å². The molecule has 3 saturated carbocycles. The summed E-state index contributed by atoms with van der Waals surface area (Å²) in [6.07, 6.45) is 5.13. The Balaban J connectivity index is 1.92. The molecule has 3 fully saturated rings. The lowest BCUT2D eigenvalue weighted by Gasteiger charge is -2.59. The Morgan fingerprint density at radius 3 is 2.38 bits per heavy atom. The van der Waals surface area contributed by atoms with Crippen LogP contribution >= 0.6 is 0 Å². The molecule has 1 heteroatoms. The summed E-state index contributed by atoms with van der Waals surface area (Å²) >= 11 is 0. The Hall–Kier alpha value is -0.0400. The van der Waals surface area contributed by atoms with E-state index in [4.69, 9.17) is 0 Å². The summed E-state index contributed by atoms with van der Waals surface area (Å²) in [5.74, 6) is 3.93. The first-order valence-corrected chi connectivity index (χ1v) is 7.10. The van der Waals surface area contributed by atoms with E-state index in [1.54, 1.807) is 0 Å². The maximum absolute atomic E-state index is 10.5. The summed E-state index contributed by atoms with van der Waals surface area (Å²) in [5, 5.41) is 10.5. The third-order valence-electron chi connectivity index (χ3n) is 6.44. The van der Waals surface area contributed by atoms with E-state index >= 15 is 0 Å². The van der Waals surface area contributed by atoms with Crippen LogP contribution in [0.3, 0.4) is 0 Å². The van der Waals surface area contributed by atoms with Crippen molar-refractivity contribution in [2.24, 2.45) is 35.0 Å². The van der Waals surface area contributed by atoms with E-state index in [0.717, 1.165) is 30.1 Å². The van der Waals surface area contributed by atoms with Crippen LogP contribution in [0.25, 0.3) is 0 Å². The SMILES string of the molecule is CC(C)[C@@H]1CC[C@]2(C)[C@H]1[C@@H]1[C@H]2CC[C@]1(C)O. The van der Waals surface area contributed by atoms with Crippen LogP contribution in [-0.2, 0) is 0 Å². The van der Waals surface area contributed by atoms with Gasteiger partial charge in [0.2, 0.25) is 0 Å².